The maximum absolute atomic E-state index is 5.80. The summed E-state index contributed by atoms with van der Waals surface area (Å²) in [6, 6.07) is 8.03. The van der Waals surface area contributed by atoms with Gasteiger partial charge in [0.1, 0.15) is 5.82 Å². The number of fused-ring (bicyclic) bond motifs is 1. The molecule has 0 radical (unpaired) electrons. The normalized spacial score (nSPS) is 13.5. The molecule has 68 valence electrons. The number of aryl methyl sites for hydroxylation is 1. The number of hydrogen-bond donors (Lipinski definition) is 1. The molecule has 0 aliphatic carbocycles. The Kier molecular flexibility index (Phi) is 1.81. The van der Waals surface area contributed by atoms with Crippen molar-refractivity contribution < 1.29 is 0 Å². The van der Waals surface area contributed by atoms with Gasteiger partial charge in [-0.2, -0.15) is 0 Å². The van der Waals surface area contributed by atoms with Gasteiger partial charge < -0.3 is 10.3 Å². The first-order valence-electron chi connectivity index (χ1n) is 4.37. The van der Waals surface area contributed by atoms with E-state index in [0.717, 1.165) is 16.9 Å². The van der Waals surface area contributed by atoms with E-state index in [0.29, 0.717) is 0 Å². The second-order valence-electron chi connectivity index (χ2n) is 3.31. The largest absolute Gasteiger partial charge is 0.330 e. The van der Waals surface area contributed by atoms with E-state index >= 15 is 0 Å². The average Bonchev–Trinajstić information content (AvgIpc) is 2.45. The van der Waals surface area contributed by atoms with E-state index in [1.165, 1.54) is 0 Å². The fourth-order valence-corrected chi connectivity index (χ4v) is 1.57. The van der Waals surface area contributed by atoms with Crippen LogP contribution in [-0.4, -0.2) is 9.55 Å². The molecule has 0 aliphatic rings. The van der Waals surface area contributed by atoms with Gasteiger partial charge in [-0.3, -0.25) is 0 Å². The van der Waals surface area contributed by atoms with Crippen LogP contribution in [0.25, 0.3) is 11.0 Å². The summed E-state index contributed by atoms with van der Waals surface area (Å²) in [6.07, 6.45) is 0. The molecule has 1 atom stereocenters. The van der Waals surface area contributed by atoms with E-state index in [1.54, 1.807) is 0 Å². The fraction of sp³-hybridized carbons (Fsp3) is 0.300. The van der Waals surface area contributed by atoms with Gasteiger partial charge in [-0.25, -0.2) is 4.98 Å². The number of nitrogens with zero attached hydrogens (tertiary/aromatic N) is 2. The number of benzene rings is 1. The summed E-state index contributed by atoms with van der Waals surface area (Å²) in [7, 11) is 1.99. The van der Waals surface area contributed by atoms with Crippen LogP contribution in [0.1, 0.15) is 18.8 Å². The first-order chi connectivity index (χ1) is 6.20. The summed E-state index contributed by atoms with van der Waals surface area (Å²) < 4.78 is 2.04. The lowest BCUT2D eigenvalue weighted by atomic mass is 10.3. The molecule has 2 aromatic rings. The van der Waals surface area contributed by atoms with E-state index in [2.05, 4.69) is 4.98 Å². The van der Waals surface area contributed by atoms with E-state index in [-0.39, 0.29) is 6.04 Å². The van der Waals surface area contributed by atoms with Crippen LogP contribution < -0.4 is 5.73 Å². The van der Waals surface area contributed by atoms with Crippen LogP contribution in [0.15, 0.2) is 24.3 Å². The molecule has 1 heterocycles. The van der Waals surface area contributed by atoms with Crippen LogP contribution >= 0.6 is 0 Å². The number of nitrogens with two attached hydrogens (primary N) is 1. The molecule has 0 amide bonds. The Hall–Kier alpha value is -1.35. The zero-order chi connectivity index (χ0) is 9.42. The SMILES string of the molecule is C[C@H](N)c1nc2ccccc2n1C. The summed E-state index contributed by atoms with van der Waals surface area (Å²) in [6.45, 7) is 1.95. The van der Waals surface area contributed by atoms with Crippen molar-refractivity contribution in [1.82, 2.24) is 9.55 Å². The van der Waals surface area contributed by atoms with Crippen LogP contribution in [0.4, 0.5) is 0 Å². The summed E-state index contributed by atoms with van der Waals surface area (Å²) in [5.41, 5.74) is 7.94. The van der Waals surface area contributed by atoms with Crippen LogP contribution in [0.3, 0.4) is 0 Å². The average molecular weight is 175 g/mol. The van der Waals surface area contributed by atoms with Crippen LogP contribution in [0, 0.1) is 0 Å². The first-order valence-corrected chi connectivity index (χ1v) is 4.37. The Morgan fingerprint density at radius 2 is 2.08 bits per heavy atom. The molecular formula is C10H13N3. The van der Waals surface area contributed by atoms with Crippen molar-refractivity contribution in [2.75, 3.05) is 0 Å². The van der Waals surface area contributed by atoms with Crippen LogP contribution in [0.5, 0.6) is 0 Å². The Morgan fingerprint density at radius 3 is 2.69 bits per heavy atom. The molecule has 0 aliphatic heterocycles. The maximum atomic E-state index is 5.80. The first kappa shape index (κ1) is 8.26. The third-order valence-electron chi connectivity index (χ3n) is 2.23. The number of hydrogen-bond acceptors (Lipinski definition) is 2. The minimum atomic E-state index is -0.0163. The van der Waals surface area contributed by atoms with Gasteiger partial charge in [0.05, 0.1) is 17.1 Å². The smallest absolute Gasteiger partial charge is 0.126 e. The molecule has 0 unspecified atom stereocenters. The van der Waals surface area contributed by atoms with Crippen molar-refractivity contribution in [3.63, 3.8) is 0 Å². The van der Waals surface area contributed by atoms with Crippen molar-refractivity contribution in [2.45, 2.75) is 13.0 Å². The van der Waals surface area contributed by atoms with Gasteiger partial charge in [0, 0.05) is 7.05 Å². The lowest BCUT2D eigenvalue weighted by Crippen LogP contribution is -2.11. The lowest BCUT2D eigenvalue weighted by molar-refractivity contribution is 0.696. The second kappa shape index (κ2) is 2.85. The minimum absolute atomic E-state index is 0.0163. The second-order valence-corrected chi connectivity index (χ2v) is 3.31. The third-order valence-corrected chi connectivity index (χ3v) is 2.23. The molecule has 2 rings (SSSR count). The van der Waals surface area contributed by atoms with Gasteiger partial charge in [0.15, 0.2) is 0 Å². The molecule has 1 aromatic carbocycles. The minimum Gasteiger partial charge on any atom is -0.330 e. The quantitative estimate of drug-likeness (QED) is 0.715. The molecule has 3 nitrogen and oxygen atoms in total. The zero-order valence-electron chi connectivity index (χ0n) is 7.86. The van der Waals surface area contributed by atoms with Gasteiger partial charge in [-0.1, -0.05) is 12.1 Å². The van der Waals surface area contributed by atoms with Gasteiger partial charge in [0.2, 0.25) is 0 Å². The van der Waals surface area contributed by atoms with Crippen molar-refractivity contribution in [2.24, 2.45) is 12.8 Å². The predicted octanol–water partition coefficient (Wildman–Crippen LogP) is 1.59. The van der Waals surface area contributed by atoms with Crippen molar-refractivity contribution in [3.05, 3.63) is 30.1 Å². The monoisotopic (exact) mass is 175 g/mol. The number of aromatic nitrogens is 2. The standard InChI is InChI=1S/C10H13N3/c1-7(11)10-12-8-5-3-4-6-9(8)13(10)2/h3-7H,11H2,1-2H3/t7-/m0/s1. The van der Waals surface area contributed by atoms with Gasteiger partial charge in [0.25, 0.3) is 0 Å². The Morgan fingerprint density at radius 1 is 1.38 bits per heavy atom. The van der Waals surface area contributed by atoms with Crippen molar-refractivity contribution in [3.8, 4) is 0 Å². The number of imidazole rings is 1. The molecule has 0 saturated carbocycles. The maximum Gasteiger partial charge on any atom is 0.126 e. The number of rotatable bonds is 1. The van der Waals surface area contributed by atoms with Gasteiger partial charge in [-0.05, 0) is 19.1 Å². The highest BCUT2D eigenvalue weighted by atomic mass is 15.1. The predicted molar refractivity (Wildman–Crippen MR) is 53.3 cm³/mol. The zero-order valence-corrected chi connectivity index (χ0v) is 7.86. The molecule has 0 spiro atoms. The molecule has 1 aromatic heterocycles. The van der Waals surface area contributed by atoms with Gasteiger partial charge in [-0.15, -0.1) is 0 Å². The molecule has 0 fully saturated rings. The highest BCUT2D eigenvalue weighted by Gasteiger charge is 2.09. The fourth-order valence-electron chi connectivity index (χ4n) is 1.57. The van der Waals surface area contributed by atoms with Crippen LogP contribution in [0.2, 0.25) is 0 Å². The van der Waals surface area contributed by atoms with Crippen molar-refractivity contribution in [1.29, 1.82) is 0 Å². The Balaban J connectivity index is 2.74. The summed E-state index contributed by atoms with van der Waals surface area (Å²) in [5, 5.41) is 0. The molecule has 0 bridgehead atoms. The van der Waals surface area contributed by atoms with E-state index < -0.39 is 0 Å². The molecule has 3 heteroatoms. The molecule has 2 N–H and O–H groups in total. The highest BCUT2D eigenvalue weighted by Crippen LogP contribution is 2.17. The lowest BCUT2D eigenvalue weighted by Gasteiger charge is -2.04. The molecular weight excluding hydrogens is 162 g/mol. The summed E-state index contributed by atoms with van der Waals surface area (Å²) in [4.78, 5) is 4.45. The van der Waals surface area contributed by atoms with E-state index in [1.807, 2.05) is 42.8 Å². The van der Waals surface area contributed by atoms with Gasteiger partial charge >= 0.3 is 0 Å². The third kappa shape index (κ3) is 1.21. The molecule has 13 heavy (non-hydrogen) atoms. The van der Waals surface area contributed by atoms with E-state index in [4.69, 9.17) is 5.73 Å². The van der Waals surface area contributed by atoms with Crippen molar-refractivity contribution >= 4 is 11.0 Å². The Bertz CT molecular complexity index is 429. The van der Waals surface area contributed by atoms with Crippen LogP contribution in [-0.2, 0) is 7.05 Å². The summed E-state index contributed by atoms with van der Waals surface area (Å²) in [5.74, 6) is 0.932. The van der Waals surface area contributed by atoms with E-state index in [9.17, 15) is 0 Å². The highest BCUT2D eigenvalue weighted by molar-refractivity contribution is 5.75. The topological polar surface area (TPSA) is 43.8 Å². The molecule has 0 saturated heterocycles. The summed E-state index contributed by atoms with van der Waals surface area (Å²) >= 11 is 0. The Labute approximate surface area is 77.2 Å². The number of para-hydroxylation sites is 2.